The Labute approximate surface area is 79.1 Å². The van der Waals surface area contributed by atoms with E-state index in [1.807, 2.05) is 0 Å². The molecule has 0 saturated carbocycles. The summed E-state index contributed by atoms with van der Waals surface area (Å²) in [6, 6.07) is 3.55. The Bertz CT molecular complexity index is 356. The molecule has 0 spiro atoms. The van der Waals surface area contributed by atoms with E-state index in [0.29, 0.717) is 0 Å². The molecule has 0 bridgehead atoms. The van der Waals surface area contributed by atoms with Crippen molar-refractivity contribution in [3.63, 3.8) is 0 Å². The minimum absolute atomic E-state index is 0.0187. The van der Waals surface area contributed by atoms with Crippen LogP contribution in [0.2, 0.25) is 0 Å². The van der Waals surface area contributed by atoms with E-state index in [4.69, 9.17) is 15.8 Å². The molecule has 0 atom stereocenters. The second-order valence-corrected chi connectivity index (χ2v) is 2.42. The number of nitrogen functional groups attached to an aromatic ring is 1. The highest BCUT2D eigenvalue weighted by atomic mass is 16.6. The molecule has 0 amide bonds. The van der Waals surface area contributed by atoms with Gasteiger partial charge in [0, 0.05) is 0 Å². The molecule has 0 fully saturated rings. The maximum atomic E-state index is 10.4. The first-order valence-corrected chi connectivity index (χ1v) is 3.57. The summed E-state index contributed by atoms with van der Waals surface area (Å²) < 4.78 is 4.41. The average molecular weight is 198 g/mol. The first kappa shape index (κ1) is 10.3. The fraction of sp³-hybridized carbons (Fsp3) is 0. The second-order valence-electron chi connectivity index (χ2n) is 2.42. The highest BCUT2D eigenvalue weighted by Gasteiger charge is 2.16. The standard InChI is InChI=1S/C6H7BN2O5/c8-5-2-1-4(14-7(10)11)3-6(5)9(12)13/h1-3,10-11H,8H2. The molecule has 0 aliphatic heterocycles. The van der Waals surface area contributed by atoms with Crippen LogP contribution in [0.3, 0.4) is 0 Å². The van der Waals surface area contributed by atoms with Gasteiger partial charge in [0.05, 0.1) is 11.0 Å². The summed E-state index contributed by atoms with van der Waals surface area (Å²) in [6.07, 6.45) is 0. The van der Waals surface area contributed by atoms with Crippen molar-refractivity contribution in [1.82, 2.24) is 0 Å². The number of nitro groups is 1. The lowest BCUT2D eigenvalue weighted by Gasteiger charge is -2.04. The molecule has 4 N–H and O–H groups in total. The Morgan fingerprint density at radius 3 is 2.64 bits per heavy atom. The molecule has 0 aromatic heterocycles. The van der Waals surface area contributed by atoms with Gasteiger partial charge in [0.25, 0.3) is 5.69 Å². The number of benzene rings is 1. The molecular formula is C6H7BN2O5. The van der Waals surface area contributed by atoms with Crippen LogP contribution in [0, 0.1) is 10.1 Å². The fourth-order valence-electron chi connectivity index (χ4n) is 0.877. The number of anilines is 1. The Morgan fingerprint density at radius 1 is 1.50 bits per heavy atom. The second kappa shape index (κ2) is 3.94. The first-order chi connectivity index (χ1) is 6.50. The van der Waals surface area contributed by atoms with Crippen molar-refractivity contribution in [2.75, 3.05) is 5.73 Å². The van der Waals surface area contributed by atoms with Crippen molar-refractivity contribution in [1.29, 1.82) is 0 Å². The van der Waals surface area contributed by atoms with Crippen molar-refractivity contribution in [3.8, 4) is 5.75 Å². The first-order valence-electron chi connectivity index (χ1n) is 3.57. The van der Waals surface area contributed by atoms with E-state index in [0.717, 1.165) is 6.07 Å². The van der Waals surface area contributed by atoms with Crippen LogP contribution >= 0.6 is 0 Å². The van der Waals surface area contributed by atoms with Gasteiger partial charge in [0.2, 0.25) is 0 Å². The molecule has 1 aromatic rings. The Hall–Kier alpha value is -1.80. The molecular weight excluding hydrogens is 191 g/mol. The van der Waals surface area contributed by atoms with Crippen molar-refractivity contribution in [2.45, 2.75) is 0 Å². The smallest absolute Gasteiger partial charge is 0.512 e. The summed E-state index contributed by atoms with van der Waals surface area (Å²) in [4.78, 5) is 9.72. The molecule has 1 rings (SSSR count). The fourth-order valence-corrected chi connectivity index (χ4v) is 0.877. The molecule has 0 radical (unpaired) electrons. The molecule has 74 valence electrons. The predicted molar refractivity (Wildman–Crippen MR) is 48.3 cm³/mol. The zero-order chi connectivity index (χ0) is 10.7. The average Bonchev–Trinajstić information content (AvgIpc) is 2.07. The van der Waals surface area contributed by atoms with E-state index in [1.165, 1.54) is 12.1 Å². The number of rotatable bonds is 3. The number of hydrogen-bond acceptors (Lipinski definition) is 6. The summed E-state index contributed by atoms with van der Waals surface area (Å²) in [7, 11) is -2.02. The van der Waals surface area contributed by atoms with Crippen LogP contribution in [-0.2, 0) is 0 Å². The Kier molecular flexibility index (Phi) is 2.90. The van der Waals surface area contributed by atoms with Gasteiger partial charge >= 0.3 is 7.32 Å². The number of nitrogens with two attached hydrogens (primary N) is 1. The molecule has 0 aliphatic carbocycles. The monoisotopic (exact) mass is 198 g/mol. The van der Waals surface area contributed by atoms with Gasteiger partial charge in [-0.2, -0.15) is 0 Å². The summed E-state index contributed by atoms with van der Waals surface area (Å²) in [5.41, 5.74) is 4.94. The lowest BCUT2D eigenvalue weighted by atomic mass is 10.2. The van der Waals surface area contributed by atoms with E-state index in [-0.39, 0.29) is 17.1 Å². The van der Waals surface area contributed by atoms with Crippen molar-refractivity contribution >= 4 is 18.7 Å². The summed E-state index contributed by atoms with van der Waals surface area (Å²) in [5, 5.41) is 27.3. The zero-order valence-corrected chi connectivity index (χ0v) is 6.95. The number of nitro benzene ring substituents is 1. The van der Waals surface area contributed by atoms with E-state index in [1.54, 1.807) is 0 Å². The molecule has 14 heavy (non-hydrogen) atoms. The molecule has 7 nitrogen and oxygen atoms in total. The maximum absolute atomic E-state index is 10.4. The summed E-state index contributed by atoms with van der Waals surface area (Å²) >= 11 is 0. The van der Waals surface area contributed by atoms with Crippen molar-refractivity contribution in [3.05, 3.63) is 28.3 Å². The Balaban J connectivity index is 3.00. The van der Waals surface area contributed by atoms with Gasteiger partial charge < -0.3 is 20.4 Å². The van der Waals surface area contributed by atoms with Gasteiger partial charge in [-0.25, -0.2) is 0 Å². The normalized spacial score (nSPS) is 9.57. The number of hydrogen-bond donors (Lipinski definition) is 3. The van der Waals surface area contributed by atoms with Gasteiger partial charge in [-0.3, -0.25) is 10.1 Å². The zero-order valence-electron chi connectivity index (χ0n) is 6.95. The van der Waals surface area contributed by atoms with Gasteiger partial charge in [-0.05, 0) is 12.1 Å². The van der Waals surface area contributed by atoms with Gasteiger partial charge in [-0.15, -0.1) is 0 Å². The quantitative estimate of drug-likeness (QED) is 0.261. The van der Waals surface area contributed by atoms with Gasteiger partial charge in [0.1, 0.15) is 11.4 Å². The molecule has 0 saturated heterocycles. The van der Waals surface area contributed by atoms with Gasteiger partial charge in [-0.1, -0.05) is 0 Å². The summed E-state index contributed by atoms with van der Waals surface area (Å²) in [6.45, 7) is 0. The Morgan fingerprint density at radius 2 is 2.14 bits per heavy atom. The van der Waals surface area contributed by atoms with Crippen LogP contribution in [0.1, 0.15) is 0 Å². The van der Waals surface area contributed by atoms with E-state index in [9.17, 15) is 10.1 Å². The predicted octanol–water partition coefficient (Wildman–Crippen LogP) is -0.475. The lowest BCUT2D eigenvalue weighted by Crippen LogP contribution is -2.20. The molecule has 0 heterocycles. The highest BCUT2D eigenvalue weighted by molar-refractivity contribution is 6.33. The third-order valence-corrected chi connectivity index (χ3v) is 1.44. The third kappa shape index (κ3) is 2.34. The minimum Gasteiger partial charge on any atom is -0.512 e. The SMILES string of the molecule is Nc1ccc(OB(O)O)cc1[N+](=O)[O-]. The van der Waals surface area contributed by atoms with E-state index >= 15 is 0 Å². The van der Waals surface area contributed by atoms with E-state index in [2.05, 4.69) is 4.65 Å². The minimum atomic E-state index is -2.02. The van der Waals surface area contributed by atoms with Crippen LogP contribution in [0.4, 0.5) is 11.4 Å². The number of nitrogens with zero attached hydrogens (tertiary/aromatic N) is 1. The van der Waals surface area contributed by atoms with E-state index < -0.39 is 12.2 Å². The summed E-state index contributed by atoms with van der Waals surface area (Å²) in [5.74, 6) is -0.0408. The third-order valence-electron chi connectivity index (χ3n) is 1.44. The molecule has 0 unspecified atom stereocenters. The topological polar surface area (TPSA) is 119 Å². The van der Waals surface area contributed by atoms with Gasteiger partial charge in [0.15, 0.2) is 0 Å². The molecule has 0 aliphatic rings. The van der Waals surface area contributed by atoms with Crippen LogP contribution in [0.5, 0.6) is 5.75 Å². The highest BCUT2D eigenvalue weighted by Crippen LogP contribution is 2.26. The van der Waals surface area contributed by atoms with Crippen LogP contribution < -0.4 is 10.4 Å². The van der Waals surface area contributed by atoms with Crippen LogP contribution in [-0.4, -0.2) is 22.3 Å². The van der Waals surface area contributed by atoms with Crippen molar-refractivity contribution < 1.29 is 19.6 Å². The van der Waals surface area contributed by atoms with Crippen molar-refractivity contribution in [2.24, 2.45) is 0 Å². The van der Waals surface area contributed by atoms with Crippen LogP contribution in [0.25, 0.3) is 0 Å². The lowest BCUT2D eigenvalue weighted by molar-refractivity contribution is -0.383. The largest absolute Gasteiger partial charge is 0.707 e. The maximum Gasteiger partial charge on any atom is 0.707 e. The molecule has 1 aromatic carbocycles. The molecule has 8 heteroatoms. The van der Waals surface area contributed by atoms with Crippen LogP contribution in [0.15, 0.2) is 18.2 Å².